The van der Waals surface area contributed by atoms with Gasteiger partial charge in [0.05, 0.1) is 6.42 Å². The summed E-state index contributed by atoms with van der Waals surface area (Å²) in [6, 6.07) is 15.0. The minimum atomic E-state index is -0.0831. The number of amides is 2. The Labute approximate surface area is 164 Å². The highest BCUT2D eigenvalue weighted by molar-refractivity contribution is 5.95. The highest BCUT2D eigenvalue weighted by Gasteiger charge is 2.12. The van der Waals surface area contributed by atoms with Gasteiger partial charge >= 0.3 is 0 Å². The SMILES string of the molecule is CCN(CC)C(=O)Cn1ccc2cc(NC(=O)Cc3ccc(N)cc3)ccc21. The van der Waals surface area contributed by atoms with E-state index >= 15 is 0 Å². The van der Waals surface area contributed by atoms with Crippen LogP contribution in [0.25, 0.3) is 10.9 Å². The number of nitrogens with two attached hydrogens (primary N) is 1. The number of carbonyl (C=O) groups is 2. The van der Waals surface area contributed by atoms with E-state index in [2.05, 4.69) is 5.32 Å². The molecular formula is C22H26N4O2. The summed E-state index contributed by atoms with van der Waals surface area (Å²) in [5, 5.41) is 3.91. The summed E-state index contributed by atoms with van der Waals surface area (Å²) in [5.41, 5.74) is 8.97. The first kappa shape index (κ1) is 19.5. The third-order valence-corrected chi connectivity index (χ3v) is 4.82. The zero-order valence-corrected chi connectivity index (χ0v) is 16.3. The average molecular weight is 378 g/mol. The molecule has 2 amide bonds. The zero-order valence-electron chi connectivity index (χ0n) is 16.3. The summed E-state index contributed by atoms with van der Waals surface area (Å²) >= 11 is 0. The second kappa shape index (κ2) is 8.61. The predicted octanol–water partition coefficient (Wildman–Crippen LogP) is 3.27. The first-order chi connectivity index (χ1) is 13.5. The van der Waals surface area contributed by atoms with E-state index in [4.69, 9.17) is 5.73 Å². The Balaban J connectivity index is 1.68. The molecule has 3 aromatic rings. The minimum Gasteiger partial charge on any atom is -0.399 e. The maximum absolute atomic E-state index is 12.4. The van der Waals surface area contributed by atoms with Gasteiger partial charge in [-0.25, -0.2) is 0 Å². The van der Waals surface area contributed by atoms with Gasteiger partial charge in [-0.2, -0.15) is 0 Å². The van der Waals surface area contributed by atoms with Crippen molar-refractivity contribution in [3.63, 3.8) is 0 Å². The van der Waals surface area contributed by atoms with E-state index in [0.29, 0.717) is 25.3 Å². The maximum Gasteiger partial charge on any atom is 0.242 e. The van der Waals surface area contributed by atoms with Crippen LogP contribution in [0.15, 0.2) is 54.7 Å². The molecule has 0 aliphatic rings. The van der Waals surface area contributed by atoms with E-state index in [9.17, 15) is 9.59 Å². The smallest absolute Gasteiger partial charge is 0.242 e. The summed E-state index contributed by atoms with van der Waals surface area (Å²) in [6.45, 7) is 5.69. The third kappa shape index (κ3) is 4.52. The summed E-state index contributed by atoms with van der Waals surface area (Å²) in [5.74, 6) is 0.0173. The summed E-state index contributed by atoms with van der Waals surface area (Å²) < 4.78 is 1.94. The van der Waals surface area contributed by atoms with Crippen molar-refractivity contribution in [2.75, 3.05) is 24.1 Å². The second-order valence-electron chi connectivity index (χ2n) is 6.75. The third-order valence-electron chi connectivity index (χ3n) is 4.82. The van der Waals surface area contributed by atoms with Gasteiger partial charge < -0.3 is 20.5 Å². The van der Waals surface area contributed by atoms with Crippen LogP contribution in [-0.4, -0.2) is 34.4 Å². The standard InChI is InChI=1S/C22H26N4O2/c1-3-25(4-2)22(28)15-26-12-11-17-14-19(9-10-20(17)26)24-21(27)13-16-5-7-18(23)8-6-16/h5-12,14H,3-4,13,15,23H2,1-2H3,(H,24,27). The molecule has 0 bridgehead atoms. The Bertz CT molecular complexity index is 972. The lowest BCUT2D eigenvalue weighted by molar-refractivity contribution is -0.131. The van der Waals surface area contributed by atoms with Crippen molar-refractivity contribution in [1.82, 2.24) is 9.47 Å². The Morgan fingerprint density at radius 2 is 1.75 bits per heavy atom. The van der Waals surface area contributed by atoms with Crippen LogP contribution in [0.5, 0.6) is 0 Å². The van der Waals surface area contributed by atoms with Crippen molar-refractivity contribution in [2.24, 2.45) is 0 Å². The second-order valence-corrected chi connectivity index (χ2v) is 6.75. The summed E-state index contributed by atoms with van der Waals surface area (Å²) in [6.07, 6.45) is 2.20. The number of nitrogens with one attached hydrogen (secondary N) is 1. The van der Waals surface area contributed by atoms with Gasteiger partial charge in [0.25, 0.3) is 0 Å². The summed E-state index contributed by atoms with van der Waals surface area (Å²) in [4.78, 5) is 26.5. The Kier molecular flexibility index (Phi) is 5.99. The highest BCUT2D eigenvalue weighted by Crippen LogP contribution is 2.21. The van der Waals surface area contributed by atoms with Crippen LogP contribution >= 0.6 is 0 Å². The molecule has 0 unspecified atom stereocenters. The molecule has 0 radical (unpaired) electrons. The van der Waals surface area contributed by atoms with Crippen molar-refractivity contribution < 1.29 is 9.59 Å². The molecule has 2 aromatic carbocycles. The molecule has 0 saturated heterocycles. The van der Waals surface area contributed by atoms with Crippen molar-refractivity contribution in [2.45, 2.75) is 26.8 Å². The molecule has 0 saturated carbocycles. The Morgan fingerprint density at radius 3 is 2.43 bits per heavy atom. The molecule has 3 rings (SSSR count). The maximum atomic E-state index is 12.4. The van der Waals surface area contributed by atoms with Crippen molar-refractivity contribution in [1.29, 1.82) is 0 Å². The van der Waals surface area contributed by atoms with E-state index in [1.54, 1.807) is 12.1 Å². The van der Waals surface area contributed by atoms with Crippen LogP contribution < -0.4 is 11.1 Å². The van der Waals surface area contributed by atoms with Crippen molar-refractivity contribution >= 4 is 34.1 Å². The number of benzene rings is 2. The molecular weight excluding hydrogens is 352 g/mol. The summed E-state index contributed by atoms with van der Waals surface area (Å²) in [7, 11) is 0. The van der Waals surface area contributed by atoms with E-state index < -0.39 is 0 Å². The van der Waals surface area contributed by atoms with Crippen molar-refractivity contribution in [3.05, 3.63) is 60.3 Å². The van der Waals surface area contributed by atoms with Crippen LogP contribution in [0.1, 0.15) is 19.4 Å². The molecule has 6 nitrogen and oxygen atoms in total. The van der Waals surface area contributed by atoms with Gasteiger partial charge in [-0.1, -0.05) is 12.1 Å². The van der Waals surface area contributed by atoms with E-state index in [0.717, 1.165) is 22.2 Å². The molecule has 0 aliphatic heterocycles. The van der Waals surface area contributed by atoms with E-state index in [1.807, 2.05) is 65.9 Å². The number of nitrogens with zero attached hydrogens (tertiary/aromatic N) is 2. The molecule has 0 fully saturated rings. The van der Waals surface area contributed by atoms with Gasteiger partial charge in [0.15, 0.2) is 0 Å². The van der Waals surface area contributed by atoms with Crippen LogP contribution in [-0.2, 0) is 22.6 Å². The van der Waals surface area contributed by atoms with Crippen molar-refractivity contribution in [3.8, 4) is 0 Å². The largest absolute Gasteiger partial charge is 0.399 e. The number of fused-ring (bicyclic) bond motifs is 1. The number of nitrogen functional groups attached to an aromatic ring is 1. The van der Waals surface area contributed by atoms with Gasteiger partial charge in [0, 0.05) is 41.6 Å². The van der Waals surface area contributed by atoms with Gasteiger partial charge in [0.1, 0.15) is 6.54 Å². The van der Waals surface area contributed by atoms with Crippen LogP contribution in [0, 0.1) is 0 Å². The number of anilines is 2. The number of rotatable bonds is 7. The minimum absolute atomic E-state index is 0.0831. The lowest BCUT2D eigenvalue weighted by atomic mass is 10.1. The normalized spacial score (nSPS) is 10.8. The first-order valence-corrected chi connectivity index (χ1v) is 9.51. The molecule has 3 N–H and O–H groups in total. The zero-order chi connectivity index (χ0) is 20.1. The predicted molar refractivity (Wildman–Crippen MR) is 113 cm³/mol. The van der Waals surface area contributed by atoms with Gasteiger partial charge in [-0.3, -0.25) is 9.59 Å². The molecule has 0 aliphatic carbocycles. The molecule has 1 aromatic heterocycles. The van der Waals surface area contributed by atoms with E-state index in [1.165, 1.54) is 0 Å². The highest BCUT2D eigenvalue weighted by atomic mass is 16.2. The molecule has 146 valence electrons. The fraction of sp³-hybridized carbons (Fsp3) is 0.273. The lowest BCUT2D eigenvalue weighted by Gasteiger charge is -2.19. The Morgan fingerprint density at radius 1 is 1.04 bits per heavy atom. The number of likely N-dealkylation sites (N-methyl/N-ethyl adjacent to an activating group) is 1. The topological polar surface area (TPSA) is 80.4 Å². The molecule has 0 spiro atoms. The fourth-order valence-electron chi connectivity index (χ4n) is 3.26. The molecule has 28 heavy (non-hydrogen) atoms. The van der Waals surface area contributed by atoms with Crippen LogP contribution in [0.3, 0.4) is 0 Å². The monoisotopic (exact) mass is 378 g/mol. The molecule has 1 heterocycles. The number of aromatic nitrogens is 1. The quantitative estimate of drug-likeness (QED) is 0.619. The van der Waals surface area contributed by atoms with Gasteiger partial charge in [0.2, 0.25) is 11.8 Å². The number of hydrogen-bond donors (Lipinski definition) is 2. The fourth-order valence-corrected chi connectivity index (χ4v) is 3.26. The number of carbonyl (C=O) groups excluding carboxylic acids is 2. The van der Waals surface area contributed by atoms with Crippen LogP contribution in [0.4, 0.5) is 11.4 Å². The molecule has 0 atom stereocenters. The lowest BCUT2D eigenvalue weighted by Crippen LogP contribution is -2.33. The first-order valence-electron chi connectivity index (χ1n) is 9.51. The number of hydrogen-bond acceptors (Lipinski definition) is 3. The Hall–Kier alpha value is -3.28. The van der Waals surface area contributed by atoms with E-state index in [-0.39, 0.29) is 18.2 Å². The van der Waals surface area contributed by atoms with Gasteiger partial charge in [-0.15, -0.1) is 0 Å². The average Bonchev–Trinajstić information content (AvgIpc) is 3.06. The molecule has 6 heteroatoms. The van der Waals surface area contributed by atoms with Gasteiger partial charge in [-0.05, 0) is 55.8 Å². The van der Waals surface area contributed by atoms with Crippen LogP contribution in [0.2, 0.25) is 0 Å².